The van der Waals surface area contributed by atoms with Crippen LogP contribution < -0.4 is 4.74 Å². The summed E-state index contributed by atoms with van der Waals surface area (Å²) in [6, 6.07) is 6.00. The van der Waals surface area contributed by atoms with Crippen LogP contribution in [0.5, 0.6) is 5.75 Å². The second-order valence-corrected chi connectivity index (χ2v) is 4.39. The number of nitrogens with zero attached hydrogens (tertiary/aromatic N) is 2. The Labute approximate surface area is 107 Å². The molecule has 0 aliphatic carbocycles. The Morgan fingerprint density at radius 3 is 2.89 bits per heavy atom. The zero-order valence-corrected chi connectivity index (χ0v) is 10.9. The van der Waals surface area contributed by atoms with Crippen LogP contribution in [0.3, 0.4) is 0 Å². The third-order valence-electron chi connectivity index (χ3n) is 3.01. The Bertz CT molecular complexity index is 534. The molecule has 0 aliphatic rings. The third kappa shape index (κ3) is 2.24. The normalized spacial score (nSPS) is 12.4. The fourth-order valence-electron chi connectivity index (χ4n) is 1.95. The minimum absolute atomic E-state index is 0.00601. The van der Waals surface area contributed by atoms with Gasteiger partial charge in [-0.15, -0.1) is 0 Å². The number of benzene rings is 1. The Morgan fingerprint density at radius 1 is 1.44 bits per heavy atom. The number of hydrogen-bond acceptors (Lipinski definition) is 3. The van der Waals surface area contributed by atoms with Crippen molar-refractivity contribution in [3.8, 4) is 17.1 Å². The van der Waals surface area contributed by atoms with Crippen LogP contribution in [0.2, 0.25) is 0 Å². The van der Waals surface area contributed by atoms with E-state index in [1.807, 2.05) is 42.8 Å². The minimum atomic E-state index is -0.00601. The molecule has 0 saturated heterocycles. The van der Waals surface area contributed by atoms with Gasteiger partial charge in [0, 0.05) is 12.4 Å². The molecule has 0 aliphatic heterocycles. The van der Waals surface area contributed by atoms with Crippen LogP contribution in [0, 0.1) is 6.92 Å². The molecule has 0 radical (unpaired) electrons. The molecule has 1 atom stereocenters. The second-order valence-electron chi connectivity index (χ2n) is 4.39. The topological polar surface area (TPSA) is 47.3 Å². The van der Waals surface area contributed by atoms with Gasteiger partial charge in [-0.25, -0.2) is 4.98 Å². The first-order chi connectivity index (χ1) is 8.67. The number of ether oxygens (including phenoxy) is 1. The number of aromatic nitrogens is 2. The van der Waals surface area contributed by atoms with Gasteiger partial charge in [0.05, 0.1) is 25.3 Å². The summed E-state index contributed by atoms with van der Waals surface area (Å²) in [7, 11) is 1.65. The van der Waals surface area contributed by atoms with Gasteiger partial charge in [0.15, 0.2) is 0 Å². The Balaban J connectivity index is 2.52. The van der Waals surface area contributed by atoms with Crippen molar-refractivity contribution < 1.29 is 9.84 Å². The van der Waals surface area contributed by atoms with E-state index >= 15 is 0 Å². The van der Waals surface area contributed by atoms with Gasteiger partial charge < -0.3 is 14.4 Å². The first-order valence-corrected chi connectivity index (χ1v) is 5.96. The lowest BCUT2D eigenvalue weighted by Crippen LogP contribution is -2.10. The molecule has 1 heterocycles. The summed E-state index contributed by atoms with van der Waals surface area (Å²) >= 11 is 0. The van der Waals surface area contributed by atoms with Gasteiger partial charge >= 0.3 is 0 Å². The Morgan fingerprint density at radius 2 is 2.22 bits per heavy atom. The third-order valence-corrected chi connectivity index (χ3v) is 3.01. The summed E-state index contributed by atoms with van der Waals surface area (Å²) in [5, 5.41) is 9.27. The van der Waals surface area contributed by atoms with Crippen molar-refractivity contribution >= 4 is 0 Å². The van der Waals surface area contributed by atoms with Crippen molar-refractivity contribution in [2.75, 3.05) is 13.7 Å². The standard InChI is InChI=1S/C14H18N2O2/c1-10-4-5-12(13(8-10)18-3)14-15-6-7-16(14)11(2)9-17/h4-8,11,17H,9H2,1-3H3/t11-/m0/s1. The van der Waals surface area contributed by atoms with Gasteiger partial charge in [0.1, 0.15) is 11.6 Å². The number of aliphatic hydroxyl groups is 1. The van der Waals surface area contributed by atoms with Crippen LogP contribution in [-0.2, 0) is 0 Å². The molecule has 0 amide bonds. The number of methoxy groups -OCH3 is 1. The van der Waals surface area contributed by atoms with Crippen molar-refractivity contribution in [1.29, 1.82) is 0 Å². The maximum atomic E-state index is 9.27. The number of hydrogen-bond donors (Lipinski definition) is 1. The highest BCUT2D eigenvalue weighted by molar-refractivity contribution is 5.65. The van der Waals surface area contributed by atoms with Gasteiger partial charge in [-0.1, -0.05) is 6.07 Å². The molecular formula is C14H18N2O2. The molecule has 1 aromatic carbocycles. The van der Waals surface area contributed by atoms with Gasteiger partial charge in [0.25, 0.3) is 0 Å². The molecule has 96 valence electrons. The van der Waals surface area contributed by atoms with Crippen molar-refractivity contribution in [1.82, 2.24) is 9.55 Å². The molecule has 0 spiro atoms. The second kappa shape index (κ2) is 5.23. The summed E-state index contributed by atoms with van der Waals surface area (Å²) in [5.41, 5.74) is 2.08. The first kappa shape index (κ1) is 12.6. The fourth-order valence-corrected chi connectivity index (χ4v) is 1.95. The maximum Gasteiger partial charge on any atom is 0.143 e. The molecule has 0 bridgehead atoms. The van der Waals surface area contributed by atoms with Crippen LogP contribution in [-0.4, -0.2) is 28.4 Å². The van der Waals surface area contributed by atoms with E-state index in [1.165, 1.54) is 0 Å². The quantitative estimate of drug-likeness (QED) is 0.901. The van der Waals surface area contributed by atoms with E-state index < -0.39 is 0 Å². The molecule has 2 aromatic rings. The average molecular weight is 246 g/mol. The molecular weight excluding hydrogens is 228 g/mol. The lowest BCUT2D eigenvalue weighted by atomic mass is 10.1. The van der Waals surface area contributed by atoms with Crippen molar-refractivity contribution in [2.45, 2.75) is 19.9 Å². The summed E-state index contributed by atoms with van der Waals surface area (Å²) in [5.74, 6) is 1.61. The van der Waals surface area contributed by atoms with Gasteiger partial charge in [-0.2, -0.15) is 0 Å². The minimum Gasteiger partial charge on any atom is -0.496 e. The predicted molar refractivity (Wildman–Crippen MR) is 70.7 cm³/mol. The molecule has 0 fully saturated rings. The van der Waals surface area contributed by atoms with Crippen molar-refractivity contribution in [2.24, 2.45) is 0 Å². The summed E-state index contributed by atoms with van der Waals surface area (Å²) in [6.45, 7) is 4.05. The zero-order chi connectivity index (χ0) is 13.1. The van der Waals surface area contributed by atoms with Crippen molar-refractivity contribution in [3.05, 3.63) is 36.2 Å². The van der Waals surface area contributed by atoms with Gasteiger partial charge in [-0.3, -0.25) is 0 Å². The highest BCUT2D eigenvalue weighted by Gasteiger charge is 2.14. The van der Waals surface area contributed by atoms with Crippen molar-refractivity contribution in [3.63, 3.8) is 0 Å². The highest BCUT2D eigenvalue weighted by Crippen LogP contribution is 2.30. The smallest absolute Gasteiger partial charge is 0.143 e. The molecule has 1 aromatic heterocycles. The molecule has 0 saturated carbocycles. The summed E-state index contributed by atoms with van der Waals surface area (Å²) in [6.07, 6.45) is 3.61. The van der Waals surface area contributed by atoms with Crippen LogP contribution >= 0.6 is 0 Å². The number of rotatable bonds is 4. The van der Waals surface area contributed by atoms with E-state index in [9.17, 15) is 5.11 Å². The molecule has 0 unspecified atom stereocenters. The van der Waals surface area contributed by atoms with Gasteiger partial charge in [-0.05, 0) is 31.5 Å². The average Bonchev–Trinajstić information content (AvgIpc) is 2.86. The van der Waals surface area contributed by atoms with E-state index in [1.54, 1.807) is 13.3 Å². The number of aliphatic hydroxyl groups excluding tert-OH is 1. The SMILES string of the molecule is COc1cc(C)ccc1-c1nccn1[C@@H](C)CO. The van der Waals surface area contributed by atoms with E-state index in [4.69, 9.17) is 4.74 Å². The van der Waals surface area contributed by atoms with Crippen LogP contribution in [0.25, 0.3) is 11.4 Å². The van der Waals surface area contributed by atoms with E-state index in [-0.39, 0.29) is 12.6 Å². The zero-order valence-electron chi connectivity index (χ0n) is 10.9. The van der Waals surface area contributed by atoms with E-state index in [0.717, 1.165) is 22.7 Å². The maximum absolute atomic E-state index is 9.27. The van der Waals surface area contributed by atoms with Crippen LogP contribution in [0.1, 0.15) is 18.5 Å². The van der Waals surface area contributed by atoms with Crippen LogP contribution in [0.15, 0.2) is 30.6 Å². The lowest BCUT2D eigenvalue weighted by Gasteiger charge is -2.15. The van der Waals surface area contributed by atoms with Crippen LogP contribution in [0.4, 0.5) is 0 Å². The molecule has 4 heteroatoms. The largest absolute Gasteiger partial charge is 0.496 e. The Hall–Kier alpha value is -1.81. The Kier molecular flexibility index (Phi) is 3.67. The van der Waals surface area contributed by atoms with E-state index in [0.29, 0.717) is 0 Å². The lowest BCUT2D eigenvalue weighted by molar-refractivity contribution is 0.239. The monoisotopic (exact) mass is 246 g/mol. The molecule has 4 nitrogen and oxygen atoms in total. The number of aryl methyl sites for hydroxylation is 1. The predicted octanol–water partition coefficient (Wildman–Crippen LogP) is 2.42. The summed E-state index contributed by atoms with van der Waals surface area (Å²) in [4.78, 5) is 4.37. The molecule has 1 N–H and O–H groups in total. The number of imidazole rings is 1. The summed E-state index contributed by atoms with van der Waals surface area (Å²) < 4.78 is 7.35. The van der Waals surface area contributed by atoms with E-state index in [2.05, 4.69) is 4.98 Å². The molecule has 2 rings (SSSR count). The first-order valence-electron chi connectivity index (χ1n) is 5.96. The highest BCUT2D eigenvalue weighted by atomic mass is 16.5. The molecule has 18 heavy (non-hydrogen) atoms. The van der Waals surface area contributed by atoms with Gasteiger partial charge in [0.2, 0.25) is 0 Å². The fraction of sp³-hybridized carbons (Fsp3) is 0.357.